The summed E-state index contributed by atoms with van der Waals surface area (Å²) in [4.78, 5) is 6.35. The van der Waals surface area contributed by atoms with Crippen molar-refractivity contribution in [2.24, 2.45) is 4.99 Å². The van der Waals surface area contributed by atoms with Crippen LogP contribution in [0.3, 0.4) is 0 Å². The second kappa shape index (κ2) is 11.2. The summed E-state index contributed by atoms with van der Waals surface area (Å²) in [5, 5.41) is 7.60. The quantitative estimate of drug-likeness (QED) is 0.323. The minimum Gasteiger partial charge on any atom is -0.496 e. The van der Waals surface area contributed by atoms with E-state index in [2.05, 4.69) is 15.5 Å². The van der Waals surface area contributed by atoms with Gasteiger partial charge in [-0.2, -0.15) is 4.31 Å². The molecule has 1 aliphatic heterocycles. The third-order valence-electron chi connectivity index (χ3n) is 4.65. The van der Waals surface area contributed by atoms with Gasteiger partial charge in [0.1, 0.15) is 17.8 Å². The fourth-order valence-electron chi connectivity index (χ4n) is 3.14. The third kappa shape index (κ3) is 6.22. The Balaban J connectivity index is 0.00000320. The summed E-state index contributed by atoms with van der Waals surface area (Å²) in [6.07, 6.45) is 1.37. The van der Waals surface area contributed by atoms with Gasteiger partial charge < -0.3 is 19.5 Å². The van der Waals surface area contributed by atoms with Crippen LogP contribution in [0.4, 0.5) is 0 Å². The number of methoxy groups -OCH3 is 1. The molecule has 166 valence electrons. The molecule has 1 aromatic heterocycles. The molecule has 0 radical (unpaired) electrons. The molecule has 0 saturated carbocycles. The minimum absolute atomic E-state index is 0. The molecule has 1 aromatic carbocycles. The molecule has 1 saturated heterocycles. The van der Waals surface area contributed by atoms with Gasteiger partial charge in [-0.1, -0.05) is 22.8 Å². The van der Waals surface area contributed by atoms with Gasteiger partial charge in [-0.05, 0) is 12.1 Å². The van der Waals surface area contributed by atoms with Crippen LogP contribution >= 0.6 is 35.6 Å². The van der Waals surface area contributed by atoms with Crippen molar-refractivity contribution < 1.29 is 17.7 Å². The number of sulfonamides is 1. The van der Waals surface area contributed by atoms with E-state index in [4.69, 9.17) is 20.9 Å². The normalized spacial score (nSPS) is 15.6. The van der Waals surface area contributed by atoms with Crippen LogP contribution in [0.15, 0.2) is 40.0 Å². The maximum atomic E-state index is 12.6. The summed E-state index contributed by atoms with van der Waals surface area (Å²) in [7, 11) is -0.132. The Kier molecular flexibility index (Phi) is 9.19. The zero-order chi connectivity index (χ0) is 20.9. The molecule has 0 atom stereocenters. The van der Waals surface area contributed by atoms with Crippen molar-refractivity contribution in [3.8, 4) is 5.75 Å². The van der Waals surface area contributed by atoms with E-state index >= 15 is 0 Å². The largest absolute Gasteiger partial charge is 0.496 e. The van der Waals surface area contributed by atoms with Crippen LogP contribution in [0, 0.1) is 0 Å². The van der Waals surface area contributed by atoms with Crippen LogP contribution in [0.2, 0.25) is 5.02 Å². The van der Waals surface area contributed by atoms with Gasteiger partial charge in [0.05, 0.1) is 12.8 Å². The van der Waals surface area contributed by atoms with E-state index < -0.39 is 10.0 Å². The smallest absolute Gasteiger partial charge is 0.220 e. The number of rotatable bonds is 6. The summed E-state index contributed by atoms with van der Waals surface area (Å²) >= 11 is 6.01. The highest BCUT2D eigenvalue weighted by molar-refractivity contribution is 14.0. The topological polar surface area (TPSA) is 100 Å². The Bertz CT molecular complexity index is 947. The van der Waals surface area contributed by atoms with Crippen LogP contribution in [0.5, 0.6) is 5.75 Å². The monoisotopic (exact) mass is 569 g/mol. The number of nitrogens with zero attached hydrogens (tertiary/aromatic N) is 4. The van der Waals surface area contributed by atoms with Gasteiger partial charge in [0, 0.05) is 56.4 Å². The van der Waals surface area contributed by atoms with Crippen molar-refractivity contribution in [3.63, 3.8) is 0 Å². The van der Waals surface area contributed by atoms with Gasteiger partial charge in [-0.15, -0.1) is 24.0 Å². The number of piperazine rings is 1. The number of halogens is 2. The van der Waals surface area contributed by atoms with Crippen LogP contribution in [0.25, 0.3) is 0 Å². The van der Waals surface area contributed by atoms with E-state index in [0.29, 0.717) is 55.1 Å². The molecular weight excluding hydrogens is 545 g/mol. The van der Waals surface area contributed by atoms with Crippen LogP contribution in [-0.4, -0.2) is 69.1 Å². The number of guanidine groups is 1. The van der Waals surface area contributed by atoms with Crippen molar-refractivity contribution in [1.29, 1.82) is 0 Å². The first kappa shape index (κ1) is 24.7. The van der Waals surface area contributed by atoms with Crippen molar-refractivity contribution in [2.45, 2.75) is 12.3 Å². The number of hydrogen-bond donors (Lipinski definition) is 1. The maximum Gasteiger partial charge on any atom is 0.220 e. The van der Waals surface area contributed by atoms with Gasteiger partial charge in [-0.3, -0.25) is 4.99 Å². The highest BCUT2D eigenvalue weighted by Gasteiger charge is 2.29. The van der Waals surface area contributed by atoms with E-state index in [9.17, 15) is 8.42 Å². The summed E-state index contributed by atoms with van der Waals surface area (Å²) in [6, 6.07) is 7.03. The molecule has 30 heavy (non-hydrogen) atoms. The Morgan fingerprint density at radius 1 is 1.30 bits per heavy atom. The van der Waals surface area contributed by atoms with E-state index in [1.165, 1.54) is 10.6 Å². The molecule has 0 amide bonds. The highest BCUT2D eigenvalue weighted by Crippen LogP contribution is 2.23. The molecular formula is C18H25ClIN5O4S. The molecule has 2 heterocycles. The van der Waals surface area contributed by atoms with Crippen molar-refractivity contribution in [3.05, 3.63) is 46.8 Å². The molecule has 0 unspecified atom stereocenters. The average Bonchev–Trinajstić information content (AvgIpc) is 3.22. The summed E-state index contributed by atoms with van der Waals surface area (Å²) < 4.78 is 36.7. The van der Waals surface area contributed by atoms with E-state index in [1.807, 2.05) is 17.0 Å². The lowest BCUT2D eigenvalue weighted by Crippen LogP contribution is -2.53. The summed E-state index contributed by atoms with van der Waals surface area (Å²) in [6.45, 7) is 2.35. The molecule has 1 N–H and O–H groups in total. The highest BCUT2D eigenvalue weighted by atomic mass is 127. The zero-order valence-electron chi connectivity index (χ0n) is 16.7. The van der Waals surface area contributed by atoms with Crippen molar-refractivity contribution in [1.82, 2.24) is 19.7 Å². The van der Waals surface area contributed by atoms with Gasteiger partial charge in [0.25, 0.3) is 0 Å². The molecule has 2 aromatic rings. The predicted octanol–water partition coefficient (Wildman–Crippen LogP) is 2.18. The van der Waals surface area contributed by atoms with E-state index in [1.54, 1.807) is 26.3 Å². The van der Waals surface area contributed by atoms with Gasteiger partial charge in [-0.25, -0.2) is 8.42 Å². The fourth-order valence-corrected chi connectivity index (χ4v) is 4.73. The molecule has 3 rings (SSSR count). The summed E-state index contributed by atoms with van der Waals surface area (Å²) in [5.41, 5.74) is 1.36. The Labute approximate surface area is 198 Å². The third-order valence-corrected chi connectivity index (χ3v) is 6.70. The van der Waals surface area contributed by atoms with Crippen LogP contribution in [-0.2, 0) is 22.3 Å². The molecule has 12 heteroatoms. The molecule has 0 aliphatic carbocycles. The first-order chi connectivity index (χ1) is 13.9. The molecule has 0 bridgehead atoms. The van der Waals surface area contributed by atoms with Gasteiger partial charge >= 0.3 is 0 Å². The minimum atomic E-state index is -3.44. The Morgan fingerprint density at radius 2 is 2.03 bits per heavy atom. The second-order valence-electron chi connectivity index (χ2n) is 6.49. The molecule has 1 aliphatic rings. The SMILES string of the molecule is CN=C(NCc1ccc(Cl)cc1OC)N1CCN(S(=O)(=O)Cc2ccon2)CC1.I. The molecule has 1 fully saturated rings. The average molecular weight is 570 g/mol. The molecule has 9 nitrogen and oxygen atoms in total. The zero-order valence-corrected chi connectivity index (χ0v) is 20.6. The number of ether oxygens (including phenoxy) is 1. The lowest BCUT2D eigenvalue weighted by Gasteiger charge is -2.35. The van der Waals surface area contributed by atoms with Crippen molar-refractivity contribution >= 4 is 51.6 Å². The fraction of sp³-hybridized carbons (Fsp3) is 0.444. The second-order valence-corrected chi connectivity index (χ2v) is 8.90. The maximum absolute atomic E-state index is 12.6. The van der Waals surface area contributed by atoms with Crippen LogP contribution < -0.4 is 10.1 Å². The number of aromatic nitrogens is 1. The van der Waals surface area contributed by atoms with E-state index in [-0.39, 0.29) is 29.7 Å². The predicted molar refractivity (Wildman–Crippen MR) is 126 cm³/mol. The van der Waals surface area contributed by atoms with Crippen LogP contribution in [0.1, 0.15) is 11.3 Å². The van der Waals surface area contributed by atoms with E-state index in [0.717, 1.165) is 5.56 Å². The molecule has 0 spiro atoms. The number of hydrogen-bond acceptors (Lipinski definition) is 6. The lowest BCUT2D eigenvalue weighted by molar-refractivity contribution is 0.259. The van der Waals surface area contributed by atoms with Crippen molar-refractivity contribution in [2.75, 3.05) is 40.3 Å². The first-order valence-electron chi connectivity index (χ1n) is 9.08. The number of benzene rings is 1. The number of aliphatic imine (C=N–C) groups is 1. The Morgan fingerprint density at radius 3 is 2.63 bits per heavy atom. The Hall–Kier alpha value is -1.57. The summed E-state index contributed by atoms with van der Waals surface area (Å²) in [5.74, 6) is 1.24. The number of nitrogens with one attached hydrogen (secondary N) is 1. The van der Waals surface area contributed by atoms with Gasteiger partial charge in [0.2, 0.25) is 10.0 Å². The standard InChI is InChI=1S/C18H24ClN5O4S.HI/c1-20-18(21-12-14-3-4-15(19)11-17(14)27-2)23-6-8-24(9-7-23)29(25,26)13-16-5-10-28-22-16;/h3-5,10-11H,6-9,12-13H2,1-2H3,(H,20,21);1H. The first-order valence-corrected chi connectivity index (χ1v) is 11.1. The lowest BCUT2D eigenvalue weighted by atomic mass is 10.2. The van der Waals surface area contributed by atoms with Gasteiger partial charge in [0.15, 0.2) is 5.96 Å².